The Morgan fingerprint density at radius 2 is 1.93 bits per heavy atom. The van der Waals surface area contributed by atoms with Crippen LogP contribution in [0.5, 0.6) is 11.5 Å². The summed E-state index contributed by atoms with van der Waals surface area (Å²) in [6, 6.07) is 16.7. The van der Waals surface area contributed by atoms with E-state index in [1.165, 1.54) is 0 Å². The van der Waals surface area contributed by atoms with Crippen LogP contribution in [-0.4, -0.2) is 18.0 Å². The van der Waals surface area contributed by atoms with E-state index in [9.17, 15) is 4.79 Å². The Morgan fingerprint density at radius 1 is 1.11 bits per heavy atom. The lowest BCUT2D eigenvalue weighted by molar-refractivity contribution is -0.120. The number of nitrogens with zero attached hydrogens (tertiary/aromatic N) is 1. The molecule has 1 amide bonds. The Kier molecular flexibility index (Phi) is 6.87. The minimum atomic E-state index is -0.105. The summed E-state index contributed by atoms with van der Waals surface area (Å²) in [6.45, 7) is 0.731. The monoisotopic (exact) mass is 396 g/mol. The number of benzene rings is 2. The molecule has 28 heavy (non-hydrogen) atoms. The first-order valence-electron chi connectivity index (χ1n) is 8.84. The molecule has 1 N–H and O–H groups in total. The molecule has 0 saturated carbocycles. The van der Waals surface area contributed by atoms with Gasteiger partial charge in [-0.05, 0) is 35.9 Å². The largest absolute Gasteiger partial charge is 0.496 e. The summed E-state index contributed by atoms with van der Waals surface area (Å²) in [7, 11) is 1.58. The van der Waals surface area contributed by atoms with Crippen LogP contribution in [0.3, 0.4) is 0 Å². The molecule has 0 aliphatic heterocycles. The van der Waals surface area contributed by atoms with Gasteiger partial charge in [-0.15, -0.1) is 0 Å². The normalized spacial score (nSPS) is 10.4. The molecule has 0 fully saturated rings. The van der Waals surface area contributed by atoms with Gasteiger partial charge in [0.1, 0.15) is 18.1 Å². The topological polar surface area (TPSA) is 60.5 Å². The zero-order chi connectivity index (χ0) is 19.8. The molecular weight excluding hydrogens is 376 g/mol. The maximum atomic E-state index is 12.3. The SMILES string of the molecule is COc1cccc(Cl)c1CNC(=O)Cc1cccc(OCc2cccnc2)c1. The first-order chi connectivity index (χ1) is 13.7. The number of halogens is 1. The van der Waals surface area contributed by atoms with Gasteiger partial charge in [-0.1, -0.05) is 35.9 Å². The molecule has 0 atom stereocenters. The standard InChI is InChI=1S/C22H21ClN2O3/c1-27-21-9-3-8-20(23)19(21)14-25-22(26)12-16-5-2-7-18(11-16)28-15-17-6-4-10-24-13-17/h2-11,13H,12,14-15H2,1H3,(H,25,26). The van der Waals surface area contributed by atoms with Gasteiger partial charge in [-0.3, -0.25) is 9.78 Å². The minimum absolute atomic E-state index is 0.105. The molecule has 0 saturated heterocycles. The second-order valence-corrected chi connectivity index (χ2v) is 6.58. The van der Waals surface area contributed by atoms with E-state index in [-0.39, 0.29) is 12.3 Å². The van der Waals surface area contributed by atoms with Crippen molar-refractivity contribution in [2.75, 3.05) is 7.11 Å². The number of amides is 1. The van der Waals surface area contributed by atoms with Gasteiger partial charge < -0.3 is 14.8 Å². The van der Waals surface area contributed by atoms with Crippen molar-refractivity contribution in [1.29, 1.82) is 0 Å². The van der Waals surface area contributed by atoms with Crippen molar-refractivity contribution in [3.05, 3.63) is 88.7 Å². The van der Waals surface area contributed by atoms with Crippen molar-refractivity contribution in [2.45, 2.75) is 19.6 Å². The molecule has 0 aliphatic carbocycles. The number of hydrogen-bond acceptors (Lipinski definition) is 4. The predicted octanol–water partition coefficient (Wildman–Crippen LogP) is 4.18. The van der Waals surface area contributed by atoms with Crippen molar-refractivity contribution in [1.82, 2.24) is 10.3 Å². The van der Waals surface area contributed by atoms with Crippen LogP contribution in [0.25, 0.3) is 0 Å². The van der Waals surface area contributed by atoms with Crippen LogP contribution in [0.2, 0.25) is 5.02 Å². The number of hydrogen-bond donors (Lipinski definition) is 1. The molecule has 6 heteroatoms. The highest BCUT2D eigenvalue weighted by Crippen LogP contribution is 2.26. The van der Waals surface area contributed by atoms with E-state index in [4.69, 9.17) is 21.1 Å². The molecule has 0 bridgehead atoms. The van der Waals surface area contributed by atoms with Crippen molar-refractivity contribution >= 4 is 17.5 Å². The third-order valence-corrected chi connectivity index (χ3v) is 4.50. The summed E-state index contributed by atoms with van der Waals surface area (Å²) >= 11 is 6.21. The average Bonchev–Trinajstić information content (AvgIpc) is 2.72. The van der Waals surface area contributed by atoms with Crippen LogP contribution in [0.15, 0.2) is 67.0 Å². The highest BCUT2D eigenvalue weighted by molar-refractivity contribution is 6.31. The van der Waals surface area contributed by atoms with Gasteiger partial charge in [0.2, 0.25) is 5.91 Å². The Hall–Kier alpha value is -3.05. The van der Waals surface area contributed by atoms with E-state index < -0.39 is 0 Å². The van der Waals surface area contributed by atoms with Crippen LogP contribution in [0.1, 0.15) is 16.7 Å². The third kappa shape index (κ3) is 5.47. The van der Waals surface area contributed by atoms with Gasteiger partial charge in [-0.25, -0.2) is 0 Å². The average molecular weight is 397 g/mol. The van der Waals surface area contributed by atoms with Gasteiger partial charge in [-0.2, -0.15) is 0 Å². The maximum absolute atomic E-state index is 12.3. The number of methoxy groups -OCH3 is 1. The smallest absolute Gasteiger partial charge is 0.224 e. The number of carbonyl (C=O) groups is 1. The molecule has 3 rings (SSSR count). The summed E-state index contributed by atoms with van der Waals surface area (Å²) in [5, 5.41) is 3.45. The molecule has 3 aromatic rings. The number of ether oxygens (including phenoxy) is 2. The molecule has 0 spiro atoms. The summed E-state index contributed by atoms with van der Waals surface area (Å²) in [5.41, 5.74) is 2.61. The van der Waals surface area contributed by atoms with E-state index in [0.29, 0.717) is 29.7 Å². The molecule has 0 radical (unpaired) electrons. The summed E-state index contributed by atoms with van der Waals surface area (Å²) in [5.74, 6) is 1.26. The van der Waals surface area contributed by atoms with Crippen molar-refractivity contribution in [3.63, 3.8) is 0 Å². The Labute approximate surface area is 169 Å². The highest BCUT2D eigenvalue weighted by atomic mass is 35.5. The first kappa shape index (κ1) is 19.7. The Morgan fingerprint density at radius 3 is 2.71 bits per heavy atom. The van der Waals surface area contributed by atoms with Crippen LogP contribution in [0, 0.1) is 0 Å². The number of nitrogens with one attached hydrogen (secondary N) is 1. The Bertz CT molecular complexity index is 932. The second kappa shape index (κ2) is 9.76. The lowest BCUT2D eigenvalue weighted by Crippen LogP contribution is -2.25. The lowest BCUT2D eigenvalue weighted by Gasteiger charge is -2.12. The van der Waals surface area contributed by atoms with Crippen molar-refractivity contribution < 1.29 is 14.3 Å². The van der Waals surface area contributed by atoms with E-state index >= 15 is 0 Å². The van der Waals surface area contributed by atoms with Gasteiger partial charge in [0, 0.05) is 35.1 Å². The zero-order valence-corrected chi connectivity index (χ0v) is 16.3. The highest BCUT2D eigenvalue weighted by Gasteiger charge is 2.10. The van der Waals surface area contributed by atoms with Crippen LogP contribution in [-0.2, 0) is 24.4 Å². The molecule has 5 nitrogen and oxygen atoms in total. The van der Waals surface area contributed by atoms with Gasteiger partial charge in [0.15, 0.2) is 0 Å². The molecule has 1 heterocycles. The van der Waals surface area contributed by atoms with Crippen molar-refractivity contribution in [2.24, 2.45) is 0 Å². The molecular formula is C22H21ClN2O3. The molecule has 0 aliphatic rings. The fraction of sp³-hybridized carbons (Fsp3) is 0.182. The summed E-state index contributed by atoms with van der Waals surface area (Å²) in [4.78, 5) is 16.4. The number of aromatic nitrogens is 1. The zero-order valence-electron chi connectivity index (χ0n) is 15.5. The third-order valence-electron chi connectivity index (χ3n) is 4.15. The van der Waals surface area contributed by atoms with Gasteiger partial charge >= 0.3 is 0 Å². The summed E-state index contributed by atoms with van der Waals surface area (Å²) < 4.78 is 11.1. The molecule has 2 aromatic carbocycles. The van der Waals surface area contributed by atoms with Crippen molar-refractivity contribution in [3.8, 4) is 11.5 Å². The van der Waals surface area contributed by atoms with E-state index in [2.05, 4.69) is 10.3 Å². The summed E-state index contributed by atoms with van der Waals surface area (Å²) in [6.07, 6.45) is 3.73. The first-order valence-corrected chi connectivity index (χ1v) is 9.22. The number of carbonyl (C=O) groups excluding carboxylic acids is 1. The fourth-order valence-corrected chi connectivity index (χ4v) is 2.96. The number of rotatable bonds is 8. The predicted molar refractivity (Wildman–Crippen MR) is 109 cm³/mol. The van der Waals surface area contributed by atoms with Gasteiger partial charge in [0.05, 0.1) is 13.5 Å². The quantitative estimate of drug-likeness (QED) is 0.620. The molecule has 0 unspecified atom stereocenters. The van der Waals surface area contributed by atoms with Crippen LogP contribution < -0.4 is 14.8 Å². The second-order valence-electron chi connectivity index (χ2n) is 6.17. The van der Waals surface area contributed by atoms with E-state index in [0.717, 1.165) is 16.7 Å². The minimum Gasteiger partial charge on any atom is -0.496 e. The molecule has 144 valence electrons. The molecule has 1 aromatic heterocycles. The van der Waals surface area contributed by atoms with E-state index in [1.807, 2.05) is 48.5 Å². The fourth-order valence-electron chi connectivity index (χ4n) is 2.73. The van der Waals surface area contributed by atoms with E-state index in [1.54, 1.807) is 25.6 Å². The Balaban J connectivity index is 1.56. The van der Waals surface area contributed by atoms with Crippen LogP contribution >= 0.6 is 11.6 Å². The lowest BCUT2D eigenvalue weighted by atomic mass is 10.1. The maximum Gasteiger partial charge on any atom is 0.224 e. The van der Waals surface area contributed by atoms with Gasteiger partial charge in [0.25, 0.3) is 0 Å². The number of pyridine rings is 1. The van der Waals surface area contributed by atoms with Crippen LogP contribution in [0.4, 0.5) is 0 Å².